The molecular weight excluding hydrogens is 151 g/mol. The summed E-state index contributed by atoms with van der Waals surface area (Å²) >= 11 is 0. The van der Waals surface area contributed by atoms with Crippen molar-refractivity contribution in [2.45, 2.75) is 19.6 Å². The first kappa shape index (κ1) is 10.7. The largest absolute Gasteiger partial charge is 0.556 e. The third kappa shape index (κ3) is 6.14. The van der Waals surface area contributed by atoms with Gasteiger partial charge in [-0.2, -0.15) is 0 Å². The van der Waals surface area contributed by atoms with E-state index in [0.29, 0.717) is 0 Å². The molecule has 0 aromatic heterocycles. The van der Waals surface area contributed by atoms with Gasteiger partial charge in [0.2, 0.25) is 0 Å². The number of rotatable bonds is 3. The standard InChI is InChI=1S/C7H17BN2Si/c1-10(2,8-6-9)7-11(3,4)5/h7H2,1-5H3. The van der Waals surface area contributed by atoms with Gasteiger partial charge in [-0.15, -0.1) is 5.97 Å². The Balaban J connectivity index is 4.04. The van der Waals surface area contributed by atoms with Gasteiger partial charge in [-0.25, -0.2) is 5.26 Å². The lowest BCUT2D eigenvalue weighted by atomic mass is 9.93. The highest BCUT2D eigenvalue weighted by Crippen LogP contribution is 2.06. The molecule has 0 atom stereocenters. The van der Waals surface area contributed by atoms with Gasteiger partial charge in [0, 0.05) is 20.3 Å². The first-order valence-electron chi connectivity index (χ1n) is 3.83. The minimum Gasteiger partial charge on any atom is -0.556 e. The summed E-state index contributed by atoms with van der Waals surface area (Å²) < 4.78 is 0.728. The predicted octanol–water partition coefficient (Wildman–Crippen LogP) is 1.04. The van der Waals surface area contributed by atoms with Crippen LogP contribution >= 0.6 is 0 Å². The molecule has 2 radical (unpaired) electrons. The van der Waals surface area contributed by atoms with E-state index >= 15 is 0 Å². The van der Waals surface area contributed by atoms with E-state index in [1.807, 2.05) is 0 Å². The van der Waals surface area contributed by atoms with Gasteiger partial charge >= 0.3 is 0 Å². The Kier molecular flexibility index (Phi) is 3.34. The molecule has 0 aliphatic heterocycles. The van der Waals surface area contributed by atoms with Crippen molar-refractivity contribution in [3.8, 4) is 5.97 Å². The average molecular weight is 168 g/mol. The number of nitrogens with zero attached hydrogens (tertiary/aromatic N) is 2. The molecule has 2 nitrogen and oxygen atoms in total. The van der Waals surface area contributed by atoms with E-state index < -0.39 is 8.07 Å². The second-order valence-electron chi connectivity index (χ2n) is 4.76. The smallest absolute Gasteiger partial charge is 0.126 e. The van der Waals surface area contributed by atoms with Gasteiger partial charge in [-0.3, -0.25) is 0 Å². The summed E-state index contributed by atoms with van der Waals surface area (Å²) in [5.41, 5.74) is 0. The van der Waals surface area contributed by atoms with Crippen molar-refractivity contribution in [3.05, 3.63) is 0 Å². The van der Waals surface area contributed by atoms with E-state index in [-0.39, 0.29) is 0 Å². The molecule has 4 heteroatoms. The Morgan fingerprint density at radius 2 is 1.82 bits per heavy atom. The second kappa shape index (κ2) is 3.42. The fourth-order valence-corrected chi connectivity index (χ4v) is 3.96. The summed E-state index contributed by atoms with van der Waals surface area (Å²) in [6.07, 6.45) is 1.13. The highest BCUT2D eigenvalue weighted by Gasteiger charge is 2.19. The van der Waals surface area contributed by atoms with Crippen LogP contribution in [0.25, 0.3) is 0 Å². The Labute approximate surface area is 71.7 Å². The highest BCUT2D eigenvalue weighted by atomic mass is 28.3. The van der Waals surface area contributed by atoms with Crippen LogP contribution in [0.15, 0.2) is 0 Å². The molecule has 0 heterocycles. The molecule has 0 saturated carbocycles. The molecule has 0 saturated heterocycles. The van der Waals surface area contributed by atoms with Crippen molar-refractivity contribution in [2.24, 2.45) is 0 Å². The third-order valence-corrected chi connectivity index (χ3v) is 3.05. The molecule has 0 aliphatic carbocycles. The molecule has 11 heavy (non-hydrogen) atoms. The fourth-order valence-electron chi connectivity index (χ4n) is 1.42. The molecule has 0 aromatic carbocycles. The Bertz CT molecular complexity index is 166. The molecule has 62 valence electrons. The van der Waals surface area contributed by atoms with Crippen molar-refractivity contribution >= 4 is 15.5 Å². The molecule has 0 aliphatic rings. The van der Waals surface area contributed by atoms with E-state index in [4.69, 9.17) is 5.26 Å². The highest BCUT2D eigenvalue weighted by molar-refractivity contribution is 6.76. The van der Waals surface area contributed by atoms with E-state index in [1.54, 1.807) is 7.41 Å². The average Bonchev–Trinajstić information content (AvgIpc) is 1.55. The summed E-state index contributed by atoms with van der Waals surface area (Å²) in [6, 6.07) is 0. The molecule has 0 amide bonds. The normalized spacial score (nSPS) is 12.7. The Morgan fingerprint density at radius 3 is 2.09 bits per heavy atom. The van der Waals surface area contributed by atoms with Crippen LogP contribution in [0.2, 0.25) is 19.6 Å². The molecule has 0 fully saturated rings. The molecule has 0 bridgehead atoms. The lowest BCUT2D eigenvalue weighted by molar-refractivity contribution is -0.765. The Morgan fingerprint density at radius 1 is 1.36 bits per heavy atom. The van der Waals surface area contributed by atoms with Crippen molar-refractivity contribution in [1.82, 2.24) is 0 Å². The first-order valence-corrected chi connectivity index (χ1v) is 7.54. The quantitative estimate of drug-likeness (QED) is 0.577. The maximum Gasteiger partial charge on any atom is 0.126 e. The molecule has 0 aromatic rings. The zero-order valence-corrected chi connectivity index (χ0v) is 9.18. The number of hydrogen-bond acceptors (Lipinski definition) is 1. The lowest BCUT2D eigenvalue weighted by Gasteiger charge is -2.44. The third-order valence-electron chi connectivity index (χ3n) is 1.29. The lowest BCUT2D eigenvalue weighted by Crippen LogP contribution is -2.52. The van der Waals surface area contributed by atoms with E-state index in [9.17, 15) is 0 Å². The monoisotopic (exact) mass is 168 g/mol. The first-order chi connectivity index (χ1) is 4.77. The number of quaternary nitrogens is 1. The van der Waals surface area contributed by atoms with Crippen molar-refractivity contribution in [2.75, 3.05) is 20.3 Å². The predicted molar refractivity (Wildman–Crippen MR) is 51.7 cm³/mol. The minimum absolute atomic E-state index is 0.728. The van der Waals surface area contributed by atoms with Gasteiger partial charge in [0.15, 0.2) is 0 Å². The van der Waals surface area contributed by atoms with E-state index in [2.05, 4.69) is 39.7 Å². The van der Waals surface area contributed by atoms with Crippen LogP contribution in [-0.4, -0.2) is 40.1 Å². The maximum absolute atomic E-state index is 8.49. The summed E-state index contributed by atoms with van der Waals surface area (Å²) in [5, 5.41) is 8.49. The van der Waals surface area contributed by atoms with Crippen molar-refractivity contribution < 1.29 is 4.39 Å². The van der Waals surface area contributed by atoms with Crippen molar-refractivity contribution in [1.29, 1.82) is 5.26 Å². The van der Waals surface area contributed by atoms with Crippen LogP contribution in [0.3, 0.4) is 0 Å². The summed E-state index contributed by atoms with van der Waals surface area (Å²) in [7, 11) is 4.79. The summed E-state index contributed by atoms with van der Waals surface area (Å²) in [5.74, 6) is 2.10. The molecule has 0 rings (SSSR count). The van der Waals surface area contributed by atoms with Gasteiger partial charge in [-0.1, -0.05) is 19.6 Å². The summed E-state index contributed by atoms with van der Waals surface area (Å²) in [4.78, 5) is 0. The molecule has 0 N–H and O–H groups in total. The van der Waals surface area contributed by atoms with Crippen LogP contribution in [-0.2, 0) is 0 Å². The SMILES string of the molecule is C[N+](C)([B-]C#N)C[Si](C)(C)C. The van der Waals surface area contributed by atoms with Crippen LogP contribution in [0.1, 0.15) is 0 Å². The van der Waals surface area contributed by atoms with Crippen LogP contribution in [0.5, 0.6) is 0 Å². The van der Waals surface area contributed by atoms with E-state index in [1.165, 1.54) is 0 Å². The second-order valence-corrected chi connectivity index (χ2v) is 10.2. The van der Waals surface area contributed by atoms with Crippen LogP contribution in [0.4, 0.5) is 0 Å². The topological polar surface area (TPSA) is 23.8 Å². The van der Waals surface area contributed by atoms with Gasteiger partial charge in [0.25, 0.3) is 0 Å². The number of nitriles is 1. The Hall–Kier alpha value is -0.268. The van der Waals surface area contributed by atoms with Gasteiger partial charge in [-0.05, 0) is 0 Å². The maximum atomic E-state index is 8.49. The molecular formula is C7H17BN2Si. The molecule has 0 unspecified atom stereocenters. The van der Waals surface area contributed by atoms with Crippen LogP contribution in [0, 0.1) is 11.2 Å². The zero-order valence-electron chi connectivity index (χ0n) is 8.18. The molecule has 0 spiro atoms. The van der Waals surface area contributed by atoms with Crippen LogP contribution < -0.4 is 0 Å². The number of hydrogen-bond donors (Lipinski definition) is 0. The van der Waals surface area contributed by atoms with Crippen molar-refractivity contribution in [3.63, 3.8) is 0 Å². The fraction of sp³-hybridized carbons (Fsp3) is 0.857. The van der Waals surface area contributed by atoms with E-state index in [0.717, 1.165) is 10.6 Å². The minimum atomic E-state index is -1.04. The summed E-state index contributed by atoms with van der Waals surface area (Å²) in [6.45, 7) is 6.95. The zero-order chi connectivity index (χ0) is 9.12. The van der Waals surface area contributed by atoms with Gasteiger partial charge < -0.3 is 4.39 Å². The van der Waals surface area contributed by atoms with Gasteiger partial charge in [0.05, 0.1) is 0 Å². The van der Waals surface area contributed by atoms with Gasteiger partial charge in [0.1, 0.15) is 15.5 Å².